The van der Waals surface area contributed by atoms with E-state index in [9.17, 15) is 10.1 Å². The number of rotatable bonds is 2. The van der Waals surface area contributed by atoms with Crippen LogP contribution in [0.4, 0.5) is 0 Å². The van der Waals surface area contributed by atoms with Gasteiger partial charge in [-0.05, 0) is 0 Å². The summed E-state index contributed by atoms with van der Waals surface area (Å²) < 4.78 is 0. The first kappa shape index (κ1) is 5.27. The highest BCUT2D eigenvalue weighted by molar-refractivity contribution is 4.38. The van der Waals surface area contributed by atoms with Gasteiger partial charge >= 0.3 is 0 Å². The molecule has 0 bridgehead atoms. The van der Waals surface area contributed by atoms with Crippen molar-refractivity contribution < 1.29 is 4.92 Å². The minimum Gasteiger partial charge on any atom is -0.295 e. The molecule has 3 heteroatoms. The molecule has 0 atom stereocenters. The fraction of sp³-hybridized carbons (Fsp3) is 0.667. The van der Waals surface area contributed by atoms with Crippen LogP contribution in [0.25, 0.3) is 0 Å². The molecule has 0 amide bonds. The summed E-state index contributed by atoms with van der Waals surface area (Å²) in [5.74, 6) is 0. The summed E-state index contributed by atoms with van der Waals surface area (Å²) in [6, 6.07) is 0. The summed E-state index contributed by atoms with van der Waals surface area (Å²) in [5.41, 5.74) is 0. The van der Waals surface area contributed by atoms with Gasteiger partial charge in [0, 0.05) is 0 Å². The second-order valence-electron chi connectivity index (χ2n) is 0.876. The Balaban J connectivity index is 2.83. The smallest absolute Gasteiger partial charge is 0.0586 e. The van der Waals surface area contributed by atoms with Crippen LogP contribution in [0.3, 0.4) is 0 Å². The van der Waals surface area contributed by atoms with Crippen molar-refractivity contribution in [2.24, 2.45) is 0 Å². The number of nitro groups is 1. The van der Waals surface area contributed by atoms with Gasteiger partial charge < -0.3 is 0 Å². The van der Waals surface area contributed by atoms with Crippen LogP contribution in [0.1, 0.15) is 13.3 Å². The Morgan fingerprint density at radius 3 is 2.50 bits per heavy atom. The van der Waals surface area contributed by atoms with Crippen molar-refractivity contribution in [3.8, 4) is 0 Å². The van der Waals surface area contributed by atoms with Gasteiger partial charge in [-0.1, -0.05) is 13.5 Å². The normalized spacial score (nSPS) is 7.50. The van der Waals surface area contributed by atoms with Gasteiger partial charge in [-0.15, -0.1) is 11.3 Å². The van der Waals surface area contributed by atoms with E-state index in [0.717, 1.165) is 6.54 Å². The van der Waals surface area contributed by atoms with Gasteiger partial charge in [0.25, 0.3) is 0 Å². The van der Waals surface area contributed by atoms with Gasteiger partial charge in [-0.3, -0.25) is 10.1 Å². The van der Waals surface area contributed by atoms with E-state index in [-0.39, 0.29) is 0 Å². The lowest BCUT2D eigenvalue weighted by atomic mass is 10.5. The Labute approximate surface area is 36.1 Å². The zero-order chi connectivity index (χ0) is 4.99. The summed E-state index contributed by atoms with van der Waals surface area (Å²) >= 11 is 0. The molecule has 3 nitrogen and oxygen atoms in total. The maximum Gasteiger partial charge on any atom is -0.0586 e. The SMILES string of the molecule is CC[CH-][N+](=O)[O-]. The number of hydrogen-bond donors (Lipinski definition) is 0. The predicted octanol–water partition coefficient (Wildman–Crippen LogP) is 0.835. The van der Waals surface area contributed by atoms with E-state index < -0.39 is 4.92 Å². The molecule has 0 unspecified atom stereocenters. The van der Waals surface area contributed by atoms with Crippen LogP contribution >= 0.6 is 0 Å². The van der Waals surface area contributed by atoms with Gasteiger partial charge in [0.1, 0.15) is 0 Å². The van der Waals surface area contributed by atoms with E-state index in [1.165, 1.54) is 0 Å². The molecule has 36 valence electrons. The first-order valence-electron chi connectivity index (χ1n) is 1.74. The van der Waals surface area contributed by atoms with Gasteiger partial charge in [0.2, 0.25) is 0 Å². The quantitative estimate of drug-likeness (QED) is 0.285. The average molecular weight is 88.1 g/mol. The summed E-state index contributed by atoms with van der Waals surface area (Å²) in [6.07, 6.45) is 0.507. The largest absolute Gasteiger partial charge is 0.295 e. The van der Waals surface area contributed by atoms with Crippen molar-refractivity contribution in [3.05, 3.63) is 16.7 Å². The van der Waals surface area contributed by atoms with Crippen molar-refractivity contribution in [1.29, 1.82) is 0 Å². The van der Waals surface area contributed by atoms with E-state index >= 15 is 0 Å². The predicted molar refractivity (Wildman–Crippen MR) is 21.6 cm³/mol. The number of hydrogen-bond acceptors (Lipinski definition) is 2. The molecule has 0 aliphatic heterocycles. The molecule has 0 aliphatic rings. The standard InChI is InChI=1S/C3H6NO2/c1-2-3-4(5)6/h3H,2H2,1H3/q-1. The first-order chi connectivity index (χ1) is 2.77. The molecular formula is C3H6NO2-. The highest BCUT2D eigenvalue weighted by Crippen LogP contribution is 1.80. The molecule has 0 saturated carbocycles. The summed E-state index contributed by atoms with van der Waals surface area (Å²) in [4.78, 5) is 8.90. The second-order valence-corrected chi connectivity index (χ2v) is 0.876. The van der Waals surface area contributed by atoms with Gasteiger partial charge in [-0.2, -0.15) is 0 Å². The van der Waals surface area contributed by atoms with Crippen LogP contribution in [0.15, 0.2) is 0 Å². The zero-order valence-corrected chi connectivity index (χ0v) is 3.55. The van der Waals surface area contributed by atoms with E-state index in [4.69, 9.17) is 0 Å². The fourth-order valence-corrected chi connectivity index (χ4v) is 0.149. The molecule has 0 aliphatic carbocycles. The molecule has 0 fully saturated rings. The van der Waals surface area contributed by atoms with Crippen molar-refractivity contribution in [1.82, 2.24) is 0 Å². The van der Waals surface area contributed by atoms with Crippen LogP contribution in [0.5, 0.6) is 0 Å². The highest BCUT2D eigenvalue weighted by atomic mass is 16.6. The van der Waals surface area contributed by atoms with Gasteiger partial charge in [0.05, 0.1) is 0 Å². The molecule has 0 aromatic heterocycles. The maximum atomic E-state index is 9.35. The fourth-order valence-electron chi connectivity index (χ4n) is 0.149. The average Bonchev–Trinajstić information content (AvgIpc) is 1.35. The van der Waals surface area contributed by atoms with Crippen LogP contribution < -0.4 is 0 Å². The minimum atomic E-state index is -0.444. The molecule has 0 aromatic rings. The van der Waals surface area contributed by atoms with E-state index in [0.29, 0.717) is 6.42 Å². The molecule has 0 aromatic carbocycles. The lowest BCUT2D eigenvalue weighted by Crippen LogP contribution is -1.88. The highest BCUT2D eigenvalue weighted by Gasteiger charge is 1.70. The van der Waals surface area contributed by atoms with Crippen molar-refractivity contribution >= 4 is 0 Å². The topological polar surface area (TPSA) is 43.1 Å². The molecular weight excluding hydrogens is 82.0 g/mol. The molecule has 0 heterocycles. The van der Waals surface area contributed by atoms with Crippen LogP contribution in [0.2, 0.25) is 0 Å². The lowest BCUT2D eigenvalue weighted by Gasteiger charge is -1.93. The van der Waals surface area contributed by atoms with Crippen LogP contribution in [-0.4, -0.2) is 4.92 Å². The Bertz CT molecular complexity index is 52.8. The Morgan fingerprint density at radius 2 is 2.50 bits per heavy atom. The van der Waals surface area contributed by atoms with Crippen LogP contribution in [-0.2, 0) is 0 Å². The Hall–Kier alpha value is -0.730. The summed E-state index contributed by atoms with van der Waals surface area (Å²) in [5, 5.41) is 9.35. The van der Waals surface area contributed by atoms with Crippen LogP contribution in [0, 0.1) is 16.7 Å². The monoisotopic (exact) mass is 88.0 g/mol. The lowest BCUT2D eigenvalue weighted by molar-refractivity contribution is -0.437. The van der Waals surface area contributed by atoms with Crippen molar-refractivity contribution in [3.63, 3.8) is 0 Å². The summed E-state index contributed by atoms with van der Waals surface area (Å²) in [7, 11) is 0. The van der Waals surface area contributed by atoms with Gasteiger partial charge in [-0.25, -0.2) is 0 Å². The Kier molecular flexibility index (Phi) is 2.20. The van der Waals surface area contributed by atoms with Crippen molar-refractivity contribution in [2.75, 3.05) is 0 Å². The molecule has 6 heavy (non-hydrogen) atoms. The maximum absolute atomic E-state index is 9.35. The molecule has 0 N–H and O–H groups in total. The van der Waals surface area contributed by atoms with E-state index in [1.807, 2.05) is 0 Å². The molecule has 0 spiro atoms. The molecule has 0 radical (unpaired) electrons. The first-order valence-corrected chi connectivity index (χ1v) is 1.74. The second kappa shape index (κ2) is 2.50. The molecule has 0 rings (SSSR count). The zero-order valence-electron chi connectivity index (χ0n) is 3.55. The third kappa shape index (κ3) is 3.27. The third-order valence-electron chi connectivity index (χ3n) is 0.332. The van der Waals surface area contributed by atoms with E-state index in [2.05, 4.69) is 0 Å². The van der Waals surface area contributed by atoms with Crippen molar-refractivity contribution in [2.45, 2.75) is 13.3 Å². The Morgan fingerprint density at radius 1 is 2.00 bits per heavy atom. The minimum absolute atomic E-state index is 0.444. The van der Waals surface area contributed by atoms with Gasteiger partial charge in [0.15, 0.2) is 0 Å². The summed E-state index contributed by atoms with van der Waals surface area (Å²) in [6.45, 7) is 2.74. The molecule has 0 saturated heterocycles. The van der Waals surface area contributed by atoms with E-state index in [1.54, 1.807) is 6.92 Å². The number of nitrogens with zero attached hydrogens (tertiary/aromatic N) is 1. The third-order valence-corrected chi connectivity index (χ3v) is 0.332.